The van der Waals surface area contributed by atoms with E-state index in [4.69, 9.17) is 5.73 Å². The maximum atomic E-state index is 11.9. The molecule has 0 amide bonds. The predicted molar refractivity (Wildman–Crippen MR) is 137 cm³/mol. The van der Waals surface area contributed by atoms with Crippen molar-refractivity contribution in [2.45, 2.75) is 150 Å². The molecule has 0 aromatic rings. The van der Waals surface area contributed by atoms with Gasteiger partial charge in [0.05, 0.1) is 5.41 Å². The zero-order valence-electron chi connectivity index (χ0n) is 21.9. The molecule has 0 heterocycles. The summed E-state index contributed by atoms with van der Waals surface area (Å²) in [6.45, 7) is 11.3. The Balaban J connectivity index is 3.88. The molecule has 2 unspecified atom stereocenters. The highest BCUT2D eigenvalue weighted by atomic mass is 16.4. The molecule has 0 rings (SSSR count). The summed E-state index contributed by atoms with van der Waals surface area (Å²) in [7, 11) is 0. The van der Waals surface area contributed by atoms with E-state index in [1.807, 2.05) is 13.8 Å². The minimum Gasteiger partial charge on any atom is -0.481 e. The summed E-state index contributed by atoms with van der Waals surface area (Å²) < 4.78 is 0. The fourth-order valence-electron chi connectivity index (χ4n) is 5.14. The predicted octanol–water partition coefficient (Wildman–Crippen LogP) is 8.74. The second kappa shape index (κ2) is 17.9. The summed E-state index contributed by atoms with van der Waals surface area (Å²) in [6, 6.07) is 0. The van der Waals surface area contributed by atoms with Gasteiger partial charge < -0.3 is 10.8 Å². The average Bonchev–Trinajstić information content (AvgIpc) is 2.75. The normalized spacial score (nSPS) is 15.0. The van der Waals surface area contributed by atoms with Crippen LogP contribution in [0.5, 0.6) is 0 Å². The summed E-state index contributed by atoms with van der Waals surface area (Å²) >= 11 is 0. The van der Waals surface area contributed by atoms with E-state index in [0.717, 1.165) is 38.0 Å². The van der Waals surface area contributed by atoms with Crippen molar-refractivity contribution in [3.63, 3.8) is 0 Å². The van der Waals surface area contributed by atoms with Crippen molar-refractivity contribution in [3.8, 4) is 0 Å². The third kappa shape index (κ3) is 12.3. The van der Waals surface area contributed by atoms with Crippen molar-refractivity contribution in [1.82, 2.24) is 0 Å². The van der Waals surface area contributed by atoms with Crippen LogP contribution < -0.4 is 5.73 Å². The molecule has 0 aliphatic carbocycles. The molecule has 3 N–H and O–H groups in total. The number of carbonyl (C=O) groups is 1. The van der Waals surface area contributed by atoms with Crippen LogP contribution in [0.2, 0.25) is 0 Å². The lowest BCUT2D eigenvalue weighted by molar-refractivity contribution is -0.157. The van der Waals surface area contributed by atoms with Gasteiger partial charge in [0, 0.05) is 0 Å². The highest BCUT2D eigenvalue weighted by molar-refractivity contribution is 5.74. The van der Waals surface area contributed by atoms with Crippen LogP contribution in [-0.4, -0.2) is 17.6 Å². The van der Waals surface area contributed by atoms with Crippen LogP contribution in [0.1, 0.15) is 150 Å². The standard InChI is InChI=1S/C28H57NO2/c1-6-25(3)21-18-16-14-12-10-8-9-11-13-15-17-19-22-28(7-2,23-20-24-29)27(4,5)26(30)31/h25H,6-24,29H2,1-5H3,(H,30,31). The SMILES string of the molecule is CCC(C)CCCCCCCCCCCCCCC(CC)(CCCN)C(C)(C)C(=O)O. The Labute approximate surface area is 195 Å². The molecule has 0 aliphatic heterocycles. The molecule has 3 nitrogen and oxygen atoms in total. The maximum Gasteiger partial charge on any atom is 0.309 e. The smallest absolute Gasteiger partial charge is 0.309 e. The van der Waals surface area contributed by atoms with Gasteiger partial charge in [-0.1, -0.05) is 111 Å². The summed E-state index contributed by atoms with van der Waals surface area (Å²) in [5.41, 5.74) is 4.93. The van der Waals surface area contributed by atoms with Crippen LogP contribution >= 0.6 is 0 Å². The van der Waals surface area contributed by atoms with Gasteiger partial charge in [0.25, 0.3) is 0 Å². The maximum absolute atomic E-state index is 11.9. The van der Waals surface area contributed by atoms with E-state index in [-0.39, 0.29) is 5.41 Å². The second-order valence-corrected chi connectivity index (χ2v) is 10.8. The van der Waals surface area contributed by atoms with Gasteiger partial charge in [-0.2, -0.15) is 0 Å². The van der Waals surface area contributed by atoms with Crippen molar-refractivity contribution in [2.24, 2.45) is 22.5 Å². The fourth-order valence-corrected chi connectivity index (χ4v) is 5.14. The highest BCUT2D eigenvalue weighted by Gasteiger charge is 2.47. The summed E-state index contributed by atoms with van der Waals surface area (Å²) in [5, 5.41) is 9.81. The van der Waals surface area contributed by atoms with E-state index >= 15 is 0 Å². The Bertz CT molecular complexity index is 435. The number of rotatable bonds is 22. The van der Waals surface area contributed by atoms with Gasteiger partial charge in [-0.25, -0.2) is 0 Å². The fraction of sp³-hybridized carbons (Fsp3) is 0.964. The van der Waals surface area contributed by atoms with Crippen molar-refractivity contribution in [1.29, 1.82) is 0 Å². The van der Waals surface area contributed by atoms with Gasteiger partial charge in [0.1, 0.15) is 0 Å². The van der Waals surface area contributed by atoms with Crippen LogP contribution in [0.25, 0.3) is 0 Å². The first kappa shape index (κ1) is 30.4. The molecule has 3 heteroatoms. The Morgan fingerprint density at radius 2 is 1.19 bits per heavy atom. The van der Waals surface area contributed by atoms with Crippen molar-refractivity contribution >= 4 is 5.97 Å². The first-order chi connectivity index (χ1) is 14.8. The monoisotopic (exact) mass is 439 g/mol. The third-order valence-corrected chi connectivity index (χ3v) is 8.20. The van der Waals surface area contributed by atoms with Crippen molar-refractivity contribution in [3.05, 3.63) is 0 Å². The summed E-state index contributed by atoms with van der Waals surface area (Å²) in [6.07, 6.45) is 22.8. The number of hydrogen-bond donors (Lipinski definition) is 2. The first-order valence-corrected chi connectivity index (χ1v) is 13.7. The number of carboxylic acids is 1. The van der Waals surface area contributed by atoms with Crippen molar-refractivity contribution < 1.29 is 9.90 Å². The molecule has 31 heavy (non-hydrogen) atoms. The number of unbranched alkanes of at least 4 members (excludes halogenated alkanes) is 11. The van der Waals surface area contributed by atoms with Gasteiger partial charge in [-0.05, 0) is 57.4 Å². The second-order valence-electron chi connectivity index (χ2n) is 10.8. The largest absolute Gasteiger partial charge is 0.481 e. The molecule has 0 aromatic heterocycles. The molecule has 0 aromatic carbocycles. The van der Waals surface area contributed by atoms with Crippen molar-refractivity contribution in [2.75, 3.05) is 6.54 Å². The lowest BCUT2D eigenvalue weighted by Crippen LogP contribution is -2.43. The lowest BCUT2D eigenvalue weighted by atomic mass is 9.59. The topological polar surface area (TPSA) is 63.3 Å². The number of aliphatic carboxylic acids is 1. The van der Waals surface area contributed by atoms with Gasteiger partial charge in [-0.3, -0.25) is 4.79 Å². The van der Waals surface area contributed by atoms with Gasteiger partial charge in [0.15, 0.2) is 0 Å². The Hall–Kier alpha value is -0.570. The Kier molecular flexibility index (Phi) is 17.6. The first-order valence-electron chi connectivity index (χ1n) is 13.7. The number of carboxylic acid groups (broad SMARTS) is 1. The van der Waals surface area contributed by atoms with Crippen LogP contribution in [0.15, 0.2) is 0 Å². The van der Waals surface area contributed by atoms with Gasteiger partial charge in [-0.15, -0.1) is 0 Å². The number of nitrogens with two attached hydrogens (primary N) is 1. The summed E-state index contributed by atoms with van der Waals surface area (Å²) in [4.78, 5) is 11.9. The van der Waals surface area contributed by atoms with Gasteiger partial charge in [0.2, 0.25) is 0 Å². The zero-order valence-corrected chi connectivity index (χ0v) is 21.9. The molecular weight excluding hydrogens is 382 g/mol. The van der Waals surface area contributed by atoms with Crippen LogP contribution in [-0.2, 0) is 4.79 Å². The molecule has 186 valence electrons. The molecule has 0 aliphatic rings. The third-order valence-electron chi connectivity index (χ3n) is 8.20. The molecule has 0 fully saturated rings. The molecule has 0 bridgehead atoms. The van der Waals surface area contributed by atoms with Crippen LogP contribution in [0.4, 0.5) is 0 Å². The van der Waals surface area contributed by atoms with E-state index in [1.165, 1.54) is 83.5 Å². The Morgan fingerprint density at radius 3 is 1.58 bits per heavy atom. The zero-order chi connectivity index (χ0) is 23.6. The van der Waals surface area contributed by atoms with Crippen LogP contribution in [0, 0.1) is 16.7 Å². The molecule has 0 spiro atoms. The van der Waals surface area contributed by atoms with E-state index in [9.17, 15) is 9.90 Å². The van der Waals surface area contributed by atoms with E-state index in [1.54, 1.807) is 0 Å². The van der Waals surface area contributed by atoms with E-state index in [2.05, 4.69) is 20.8 Å². The number of hydrogen-bond acceptors (Lipinski definition) is 2. The van der Waals surface area contributed by atoms with E-state index < -0.39 is 11.4 Å². The minimum absolute atomic E-state index is 0.132. The molecule has 0 saturated heterocycles. The minimum atomic E-state index is -0.689. The summed E-state index contributed by atoms with van der Waals surface area (Å²) in [5.74, 6) is 0.245. The molecule has 0 saturated carbocycles. The molecular formula is C28H57NO2. The molecule has 2 atom stereocenters. The van der Waals surface area contributed by atoms with Gasteiger partial charge >= 0.3 is 5.97 Å². The lowest BCUT2D eigenvalue weighted by Gasteiger charge is -2.44. The molecule has 0 radical (unpaired) electrons. The average molecular weight is 440 g/mol. The van der Waals surface area contributed by atoms with Crippen LogP contribution in [0.3, 0.4) is 0 Å². The quantitative estimate of drug-likeness (QED) is 0.166. The Morgan fingerprint density at radius 1 is 0.774 bits per heavy atom. The van der Waals surface area contributed by atoms with E-state index in [0.29, 0.717) is 6.54 Å². The highest BCUT2D eigenvalue weighted by Crippen LogP contribution is 2.49.